The molecule has 2 aliphatic rings. The van der Waals surface area contributed by atoms with Gasteiger partial charge < -0.3 is 10.1 Å². The maximum absolute atomic E-state index is 13.0. The standard InChI is InChI=1S/C19H27ClN2O4S/c20-17-8-7-15(19(23)21-10-9-16-6-5-13-26-16)14-18(17)27(24,25)22-11-3-1-2-4-12-22/h7-8,14,16H,1-6,9-13H2,(H,21,23)/t16-/m1/s1. The Hall–Kier alpha value is -1.15. The molecule has 2 saturated heterocycles. The maximum atomic E-state index is 13.0. The van der Waals surface area contributed by atoms with E-state index in [4.69, 9.17) is 16.3 Å². The summed E-state index contributed by atoms with van der Waals surface area (Å²) >= 11 is 6.18. The quantitative estimate of drug-likeness (QED) is 0.775. The van der Waals surface area contributed by atoms with Crippen LogP contribution >= 0.6 is 11.6 Å². The average molecular weight is 415 g/mol. The summed E-state index contributed by atoms with van der Waals surface area (Å²) in [6, 6.07) is 4.44. The van der Waals surface area contributed by atoms with Crippen molar-refractivity contribution in [2.75, 3.05) is 26.2 Å². The molecule has 2 heterocycles. The molecule has 1 N–H and O–H groups in total. The smallest absolute Gasteiger partial charge is 0.251 e. The van der Waals surface area contributed by atoms with E-state index in [0.29, 0.717) is 25.2 Å². The van der Waals surface area contributed by atoms with Crippen molar-refractivity contribution in [2.24, 2.45) is 0 Å². The molecule has 0 radical (unpaired) electrons. The van der Waals surface area contributed by atoms with Crippen LogP contribution in [0.4, 0.5) is 0 Å². The Labute approximate surface area is 166 Å². The first kappa shape index (κ1) is 20.6. The van der Waals surface area contributed by atoms with E-state index >= 15 is 0 Å². The summed E-state index contributed by atoms with van der Waals surface area (Å²) in [7, 11) is -3.70. The van der Waals surface area contributed by atoms with Crippen molar-refractivity contribution >= 4 is 27.5 Å². The molecule has 0 saturated carbocycles. The Balaban J connectivity index is 1.69. The molecule has 2 aliphatic heterocycles. The minimum absolute atomic E-state index is 0.0119. The number of carbonyl (C=O) groups excluding carboxylic acids is 1. The molecule has 150 valence electrons. The van der Waals surface area contributed by atoms with Crippen LogP contribution in [0.2, 0.25) is 5.02 Å². The summed E-state index contributed by atoms with van der Waals surface area (Å²) < 4.78 is 33.1. The van der Waals surface area contributed by atoms with Gasteiger partial charge in [-0.1, -0.05) is 24.4 Å². The van der Waals surface area contributed by atoms with Crippen LogP contribution in [0.15, 0.2) is 23.1 Å². The molecular formula is C19H27ClN2O4S. The summed E-state index contributed by atoms with van der Waals surface area (Å²) in [6.45, 7) is 2.28. The number of amides is 1. The maximum Gasteiger partial charge on any atom is 0.251 e. The lowest BCUT2D eigenvalue weighted by Crippen LogP contribution is -2.32. The van der Waals surface area contributed by atoms with Gasteiger partial charge in [0.05, 0.1) is 11.1 Å². The van der Waals surface area contributed by atoms with Crippen LogP contribution in [-0.2, 0) is 14.8 Å². The van der Waals surface area contributed by atoms with Crippen LogP contribution < -0.4 is 5.32 Å². The Morgan fingerprint density at radius 3 is 2.59 bits per heavy atom. The molecule has 6 nitrogen and oxygen atoms in total. The predicted molar refractivity (Wildman–Crippen MR) is 105 cm³/mol. The number of sulfonamides is 1. The van der Waals surface area contributed by atoms with Crippen LogP contribution in [-0.4, -0.2) is 51.0 Å². The second-order valence-corrected chi connectivity index (χ2v) is 9.46. The molecule has 0 bridgehead atoms. The molecule has 1 aromatic rings. The van der Waals surface area contributed by atoms with Crippen molar-refractivity contribution < 1.29 is 17.9 Å². The average Bonchev–Trinajstić information content (AvgIpc) is 3.00. The van der Waals surface area contributed by atoms with Crippen LogP contribution in [0.3, 0.4) is 0 Å². The van der Waals surface area contributed by atoms with Crippen LogP contribution in [0.25, 0.3) is 0 Å². The highest BCUT2D eigenvalue weighted by Crippen LogP contribution is 2.27. The molecule has 0 unspecified atom stereocenters. The molecule has 27 heavy (non-hydrogen) atoms. The van der Waals surface area contributed by atoms with Gasteiger partial charge in [-0.2, -0.15) is 4.31 Å². The Bertz CT molecular complexity index is 755. The van der Waals surface area contributed by atoms with Crippen molar-refractivity contribution in [3.63, 3.8) is 0 Å². The zero-order valence-corrected chi connectivity index (χ0v) is 17.0. The van der Waals surface area contributed by atoms with Gasteiger partial charge in [-0.25, -0.2) is 8.42 Å². The first-order valence-electron chi connectivity index (χ1n) is 9.68. The first-order valence-corrected chi connectivity index (χ1v) is 11.5. The van der Waals surface area contributed by atoms with Crippen LogP contribution in [0, 0.1) is 0 Å². The van der Waals surface area contributed by atoms with Crippen molar-refractivity contribution in [3.8, 4) is 0 Å². The summed E-state index contributed by atoms with van der Waals surface area (Å²) in [4.78, 5) is 12.4. The van der Waals surface area contributed by atoms with Crippen molar-refractivity contribution in [3.05, 3.63) is 28.8 Å². The van der Waals surface area contributed by atoms with Crippen molar-refractivity contribution in [2.45, 2.75) is 55.9 Å². The molecule has 2 fully saturated rings. The van der Waals surface area contributed by atoms with E-state index < -0.39 is 10.0 Å². The minimum atomic E-state index is -3.70. The number of nitrogens with one attached hydrogen (secondary N) is 1. The van der Waals surface area contributed by atoms with Crippen LogP contribution in [0.1, 0.15) is 55.3 Å². The summed E-state index contributed by atoms with van der Waals surface area (Å²) in [5.74, 6) is -0.294. The van der Waals surface area contributed by atoms with Crippen molar-refractivity contribution in [1.82, 2.24) is 9.62 Å². The molecule has 1 atom stereocenters. The summed E-state index contributed by atoms with van der Waals surface area (Å²) in [5, 5.41) is 2.99. The minimum Gasteiger partial charge on any atom is -0.378 e. The molecular weight excluding hydrogens is 388 g/mol. The van der Waals surface area contributed by atoms with E-state index in [1.807, 2.05) is 0 Å². The third-order valence-electron chi connectivity index (χ3n) is 5.15. The molecule has 0 spiro atoms. The Kier molecular flexibility index (Phi) is 7.14. The van der Waals surface area contributed by atoms with Gasteiger partial charge in [0, 0.05) is 31.8 Å². The van der Waals surface area contributed by atoms with Crippen LogP contribution in [0.5, 0.6) is 0 Å². The van der Waals surface area contributed by atoms with Crippen molar-refractivity contribution in [1.29, 1.82) is 0 Å². The van der Waals surface area contributed by atoms with E-state index in [9.17, 15) is 13.2 Å². The first-order chi connectivity index (χ1) is 13.0. The van der Waals surface area contributed by atoms with Gasteiger partial charge in [0.15, 0.2) is 0 Å². The predicted octanol–water partition coefficient (Wildman–Crippen LogP) is 3.20. The van der Waals surface area contributed by atoms with Gasteiger partial charge in [-0.05, 0) is 50.3 Å². The highest BCUT2D eigenvalue weighted by atomic mass is 35.5. The summed E-state index contributed by atoms with van der Waals surface area (Å²) in [6.07, 6.45) is 6.82. The topological polar surface area (TPSA) is 75.7 Å². The fourth-order valence-corrected chi connectivity index (χ4v) is 5.60. The molecule has 0 aromatic heterocycles. The zero-order chi connectivity index (χ0) is 19.3. The van der Waals surface area contributed by atoms with Gasteiger partial charge in [0.1, 0.15) is 4.90 Å². The van der Waals surface area contributed by atoms with Gasteiger partial charge in [0.25, 0.3) is 5.91 Å². The highest BCUT2D eigenvalue weighted by molar-refractivity contribution is 7.89. The second kappa shape index (κ2) is 9.37. The SMILES string of the molecule is O=C(NCC[C@H]1CCCO1)c1ccc(Cl)c(S(=O)(=O)N2CCCCCC2)c1. The third-order valence-corrected chi connectivity index (χ3v) is 7.53. The number of halogens is 1. The monoisotopic (exact) mass is 414 g/mol. The molecule has 3 rings (SSSR count). The van der Waals surface area contributed by atoms with E-state index in [1.54, 1.807) is 6.07 Å². The molecule has 8 heteroatoms. The molecule has 0 aliphatic carbocycles. The summed E-state index contributed by atoms with van der Waals surface area (Å²) in [5.41, 5.74) is 0.306. The Morgan fingerprint density at radius 2 is 1.93 bits per heavy atom. The van der Waals surface area contributed by atoms with E-state index in [2.05, 4.69) is 5.32 Å². The highest BCUT2D eigenvalue weighted by Gasteiger charge is 2.28. The fourth-order valence-electron chi connectivity index (χ4n) is 3.58. The number of rotatable bonds is 6. The van der Waals surface area contributed by atoms with Gasteiger partial charge in [0.2, 0.25) is 10.0 Å². The number of hydrogen-bond acceptors (Lipinski definition) is 4. The van der Waals surface area contributed by atoms with Gasteiger partial charge in [-0.15, -0.1) is 0 Å². The lowest BCUT2D eigenvalue weighted by atomic mass is 10.1. The number of benzene rings is 1. The van der Waals surface area contributed by atoms with Gasteiger partial charge in [-0.3, -0.25) is 4.79 Å². The van der Waals surface area contributed by atoms with E-state index in [1.165, 1.54) is 16.4 Å². The Morgan fingerprint density at radius 1 is 1.19 bits per heavy atom. The number of nitrogens with zero attached hydrogens (tertiary/aromatic N) is 1. The number of ether oxygens (including phenoxy) is 1. The van der Waals surface area contributed by atoms with E-state index in [-0.39, 0.29) is 21.9 Å². The normalized spacial score (nSPS) is 21.7. The lowest BCUT2D eigenvalue weighted by molar-refractivity contribution is 0.0907. The second-order valence-electron chi connectivity index (χ2n) is 7.14. The third kappa shape index (κ3) is 5.22. The lowest BCUT2D eigenvalue weighted by Gasteiger charge is -2.21. The zero-order valence-electron chi connectivity index (χ0n) is 15.5. The molecule has 1 aromatic carbocycles. The fraction of sp³-hybridized carbons (Fsp3) is 0.632. The molecule has 1 amide bonds. The number of hydrogen-bond donors (Lipinski definition) is 1. The number of carbonyl (C=O) groups is 1. The van der Waals surface area contributed by atoms with Gasteiger partial charge >= 0.3 is 0 Å². The van der Waals surface area contributed by atoms with E-state index in [0.717, 1.165) is 51.6 Å². The largest absolute Gasteiger partial charge is 0.378 e.